The van der Waals surface area contributed by atoms with Crippen molar-refractivity contribution in [2.24, 2.45) is 79.3 Å². The van der Waals surface area contributed by atoms with E-state index in [0.29, 0.717) is 63.6 Å². The van der Waals surface area contributed by atoms with Crippen LogP contribution in [0.25, 0.3) is 0 Å². The average Bonchev–Trinajstić information content (AvgIpc) is 1.77. The van der Waals surface area contributed by atoms with E-state index in [4.69, 9.17) is 28.4 Å². The summed E-state index contributed by atoms with van der Waals surface area (Å²) in [6.45, 7) is 69.5. The van der Waals surface area contributed by atoms with Crippen LogP contribution in [0, 0.1) is 79.3 Å². The summed E-state index contributed by atoms with van der Waals surface area (Å²) in [6.07, 6.45) is 41.9. The van der Waals surface area contributed by atoms with Crippen LogP contribution in [0.15, 0.2) is 122 Å². The van der Waals surface area contributed by atoms with Crippen molar-refractivity contribution in [3.05, 3.63) is 149 Å². The first-order chi connectivity index (χ1) is 64.7. The third-order valence-electron chi connectivity index (χ3n) is 32.9. The van der Waals surface area contributed by atoms with Gasteiger partial charge in [0.05, 0.1) is 13.5 Å². The maximum absolute atomic E-state index is 5.48. The molecule has 0 saturated heterocycles. The Bertz CT molecular complexity index is 3570. The molecule has 4 aromatic carbocycles. The topological polar surface area (TPSA) is 91.0 Å². The van der Waals surface area contributed by atoms with Gasteiger partial charge >= 0.3 is 0 Å². The molecule has 0 N–H and O–H groups in total. The van der Waals surface area contributed by atoms with Gasteiger partial charge in [-0.1, -0.05) is 266 Å². The molecule has 0 radical (unpaired) electrons. The van der Waals surface area contributed by atoms with Gasteiger partial charge in [-0.3, -0.25) is 39.3 Å². The summed E-state index contributed by atoms with van der Waals surface area (Å²) in [6, 6.07) is 43.7. The number of rotatable bonds is 21. The van der Waals surface area contributed by atoms with Crippen molar-refractivity contribution in [3.8, 4) is 23.0 Å². The number of benzene rings is 4. The van der Waals surface area contributed by atoms with Crippen LogP contribution in [0.5, 0.6) is 23.0 Å². The van der Waals surface area contributed by atoms with Gasteiger partial charge in [0.1, 0.15) is 0 Å². The van der Waals surface area contributed by atoms with Gasteiger partial charge in [-0.25, -0.2) is 0 Å². The summed E-state index contributed by atoms with van der Waals surface area (Å²) in [7, 11) is 19.2. The quantitative estimate of drug-likeness (QED) is 0.0653. The van der Waals surface area contributed by atoms with Gasteiger partial charge in [0.25, 0.3) is 0 Å². The van der Waals surface area contributed by atoms with E-state index in [-0.39, 0.29) is 0 Å². The predicted octanol–water partition coefficient (Wildman–Crippen LogP) is 31.8. The normalized spacial score (nSPS) is 24.6. The van der Waals surface area contributed by atoms with Crippen molar-refractivity contribution in [3.63, 3.8) is 0 Å². The van der Waals surface area contributed by atoms with Crippen molar-refractivity contribution < 1.29 is 28.4 Å². The molecular weight excluding hydrogens is 1690 g/mol. The van der Waals surface area contributed by atoms with Crippen LogP contribution in [0.4, 0.5) is 0 Å². The molecule has 0 spiro atoms. The van der Waals surface area contributed by atoms with Gasteiger partial charge in [-0.2, -0.15) is 0 Å². The largest absolute Gasteiger partial charge is 0.454 e. The summed E-state index contributed by atoms with van der Waals surface area (Å²) in [5, 5.41) is 0. The Labute approximate surface area is 846 Å². The number of ether oxygens (including phenoxy) is 6. The fourth-order valence-corrected chi connectivity index (χ4v) is 23.1. The van der Waals surface area contributed by atoms with E-state index in [1.165, 1.54) is 208 Å². The molecule has 0 amide bonds. The average molecular weight is 1900 g/mol. The molecule has 3 heterocycles. The Kier molecular flexibility index (Phi) is 54.1. The number of fused-ring (bicyclic) bond motifs is 2. The summed E-state index contributed by atoms with van der Waals surface area (Å²) in [4.78, 5) is 21.5. The Balaban J connectivity index is 0.000000281. The minimum Gasteiger partial charge on any atom is -0.454 e. The van der Waals surface area contributed by atoms with E-state index < -0.39 is 0 Å². The lowest BCUT2D eigenvalue weighted by Gasteiger charge is -2.40. The standard InChI is InChI=1S/2C19H29NO2.2C18H29N.C17H28N2.2C13H27NO.3C2H6/c2*1-19(2,3)15-6-8-16(9-7-15)20(4)12-14-5-10-17-18(11-14)22-13-21-17;2*1-18(2,3)16-10-12-17(13-11-16)19(4)14-15-8-6-5-7-9-15;1-17(2,3)15-7-9-16(10-8-15)19(4)13-14-6-5-11-18-12-14;2*1-13(2,3)11-6-8-12(9-7-11)14(4)10-15-5;3*1-2/h2*5,10-11,15-16H,6-9,12-13H2,1-4H3;2*5-9,16-17H,10-14H2,1-4H3;5-6,11-12,15-16H,7-10,13H2,1-4H3;2*11-12H,6-10H2,1-5H3;3*1-2H3. The zero-order valence-electron chi connectivity index (χ0n) is 95.8. The molecule has 7 aliphatic carbocycles. The molecule has 137 heavy (non-hydrogen) atoms. The zero-order chi connectivity index (χ0) is 102. The fourth-order valence-electron chi connectivity index (χ4n) is 23.1. The Morgan fingerprint density at radius 1 is 0.241 bits per heavy atom. The number of nitrogens with zero attached hydrogens (tertiary/aromatic N) is 8. The maximum Gasteiger partial charge on any atom is 0.231 e. The van der Waals surface area contributed by atoms with Crippen molar-refractivity contribution in [2.45, 2.75) is 442 Å². The van der Waals surface area contributed by atoms with Crippen LogP contribution in [-0.2, 0) is 42.2 Å². The summed E-state index contributed by atoms with van der Waals surface area (Å²) >= 11 is 0. The van der Waals surface area contributed by atoms with E-state index in [9.17, 15) is 0 Å². The van der Waals surface area contributed by atoms with E-state index in [0.717, 1.165) is 141 Å². The summed E-state index contributed by atoms with van der Waals surface area (Å²) in [5.41, 5.74) is 10.2. The van der Waals surface area contributed by atoms with Gasteiger partial charge in [0, 0.05) is 102 Å². The molecule has 0 bridgehead atoms. The number of aromatic nitrogens is 1. The molecule has 14 heteroatoms. The van der Waals surface area contributed by atoms with Crippen molar-refractivity contribution in [2.75, 3.05) is 90.6 Å². The van der Waals surface area contributed by atoms with Crippen LogP contribution in [0.1, 0.15) is 395 Å². The molecule has 14 nitrogen and oxygen atoms in total. The lowest BCUT2D eigenvalue weighted by atomic mass is 9.71. The first-order valence-corrected chi connectivity index (χ1v) is 55.3. The molecule has 14 rings (SSSR count). The minimum absolute atomic E-state index is 0.353. The van der Waals surface area contributed by atoms with Gasteiger partial charge in [0.2, 0.25) is 13.6 Å². The second-order valence-electron chi connectivity index (χ2n) is 49.7. The monoisotopic (exact) mass is 1900 g/mol. The van der Waals surface area contributed by atoms with Crippen molar-refractivity contribution in [1.29, 1.82) is 0 Å². The Morgan fingerprint density at radius 2 is 0.438 bits per heavy atom. The number of pyridine rings is 1. The van der Waals surface area contributed by atoms with E-state index in [2.05, 4.69) is 325 Å². The predicted molar refractivity (Wildman–Crippen MR) is 589 cm³/mol. The minimum atomic E-state index is 0.353. The molecule has 784 valence electrons. The van der Waals surface area contributed by atoms with Crippen LogP contribution in [0.3, 0.4) is 0 Å². The summed E-state index contributed by atoms with van der Waals surface area (Å²) in [5.74, 6) is 9.82. The van der Waals surface area contributed by atoms with Crippen molar-refractivity contribution in [1.82, 2.24) is 39.3 Å². The van der Waals surface area contributed by atoms with E-state index >= 15 is 0 Å². The third kappa shape index (κ3) is 43.8. The van der Waals surface area contributed by atoms with E-state index in [1.807, 2.05) is 72.1 Å². The molecule has 0 unspecified atom stereocenters. The first-order valence-electron chi connectivity index (χ1n) is 55.3. The van der Waals surface area contributed by atoms with E-state index in [1.54, 1.807) is 14.2 Å². The highest BCUT2D eigenvalue weighted by Gasteiger charge is 2.39. The third-order valence-corrected chi connectivity index (χ3v) is 32.9. The molecule has 1 aromatic heterocycles. The fraction of sp³-hybridized carbons (Fsp3) is 0.764. The van der Waals surface area contributed by atoms with Gasteiger partial charge < -0.3 is 28.4 Å². The highest BCUT2D eigenvalue weighted by Crippen LogP contribution is 2.47. The molecule has 5 aromatic rings. The van der Waals surface area contributed by atoms with Gasteiger partial charge in [0.15, 0.2) is 23.0 Å². The van der Waals surface area contributed by atoms with Gasteiger partial charge in [-0.15, -0.1) is 0 Å². The molecule has 0 atom stereocenters. The van der Waals surface area contributed by atoms with Gasteiger partial charge in [-0.05, 0) is 367 Å². The first kappa shape index (κ1) is 122. The number of hydrogen-bond donors (Lipinski definition) is 0. The molecule has 2 aliphatic heterocycles. The molecule has 9 aliphatic rings. The zero-order valence-corrected chi connectivity index (χ0v) is 95.8. The smallest absolute Gasteiger partial charge is 0.231 e. The highest BCUT2D eigenvalue weighted by molar-refractivity contribution is 5.45. The van der Waals surface area contributed by atoms with Crippen LogP contribution in [-0.4, -0.2) is 172 Å². The van der Waals surface area contributed by atoms with Crippen molar-refractivity contribution >= 4 is 0 Å². The van der Waals surface area contributed by atoms with Crippen LogP contribution < -0.4 is 18.9 Å². The highest BCUT2D eigenvalue weighted by atomic mass is 16.7. The van der Waals surface area contributed by atoms with Crippen LogP contribution >= 0.6 is 0 Å². The SMILES string of the molecule is CC.CC.CC.CN(Cc1ccc2c(c1)OCO2)C1CCC(C(C)(C)C)CC1.CN(Cc1ccc2c(c1)OCO2)C1CCC(C(C)(C)C)CC1.CN(Cc1ccccc1)C1CCC(C(C)(C)C)CC1.CN(Cc1ccccc1)C1CCC(C(C)(C)C)CC1.CN(Cc1cccnc1)C1CCC(C(C)(C)C)CC1.COCN(C)C1CCC(C(C)(C)C)CC1.COCN(C)C1CCC(C(C)(C)C)CC1. The Morgan fingerprint density at radius 3 is 0.642 bits per heavy atom. The molecule has 7 saturated carbocycles. The second kappa shape index (κ2) is 60.6. The number of hydrogen-bond acceptors (Lipinski definition) is 14. The maximum atomic E-state index is 5.48. The van der Waals surface area contributed by atoms with Crippen LogP contribution in [0.2, 0.25) is 0 Å². The second-order valence-corrected chi connectivity index (χ2v) is 49.7. The molecule has 7 fully saturated rings. The number of methoxy groups -OCH3 is 2. The Hall–Kier alpha value is -5.13. The summed E-state index contributed by atoms with van der Waals surface area (Å²) < 4.78 is 32.1. The lowest BCUT2D eigenvalue weighted by Crippen LogP contribution is -2.38. The molecular formula is C123H216N8O6. The lowest BCUT2D eigenvalue weighted by molar-refractivity contribution is 0.0260.